The molecule has 6 nitrogen and oxygen atoms in total. The summed E-state index contributed by atoms with van der Waals surface area (Å²) in [6.07, 6.45) is 35.2. The van der Waals surface area contributed by atoms with E-state index in [0.717, 1.165) is 96.9 Å². The van der Waals surface area contributed by atoms with E-state index in [9.17, 15) is 5.26 Å². The first-order chi connectivity index (χ1) is 39.1. The van der Waals surface area contributed by atoms with Crippen LogP contribution < -0.4 is 4.90 Å². The molecule has 0 saturated carbocycles. The third-order valence-electron chi connectivity index (χ3n) is 15.4. The van der Waals surface area contributed by atoms with Gasteiger partial charge in [0.05, 0.1) is 56.6 Å². The van der Waals surface area contributed by atoms with Crippen LogP contribution in [0.25, 0.3) is 68.6 Å². The maximum Gasteiger partial charge on any atom is 0.0991 e. The van der Waals surface area contributed by atoms with Crippen molar-refractivity contribution >= 4 is 52.1 Å². The molecule has 5 heterocycles. The van der Waals surface area contributed by atoms with Gasteiger partial charge in [-0.05, 0) is 121 Å². The number of aromatic amines is 2. The zero-order valence-corrected chi connectivity index (χ0v) is 46.9. The molecule has 7 aromatic rings. The molecule has 0 radical (unpaired) electrons. The van der Waals surface area contributed by atoms with E-state index in [1.54, 1.807) is 12.1 Å². The van der Waals surface area contributed by atoms with Gasteiger partial charge in [-0.2, -0.15) is 5.26 Å². The van der Waals surface area contributed by atoms with Crippen LogP contribution in [0.3, 0.4) is 0 Å². The van der Waals surface area contributed by atoms with Crippen LogP contribution >= 0.6 is 0 Å². The Bertz CT molecular complexity index is 3330. The van der Waals surface area contributed by atoms with Crippen molar-refractivity contribution in [1.82, 2.24) is 19.9 Å². The van der Waals surface area contributed by atoms with Crippen molar-refractivity contribution in [3.63, 3.8) is 0 Å². The van der Waals surface area contributed by atoms with E-state index in [1.165, 1.54) is 134 Å². The van der Waals surface area contributed by atoms with E-state index >= 15 is 0 Å². The van der Waals surface area contributed by atoms with Crippen LogP contribution in [0.2, 0.25) is 0 Å². The molecule has 0 unspecified atom stereocenters. The van der Waals surface area contributed by atoms with Gasteiger partial charge in [-0.15, -0.1) is 0 Å². The van der Waals surface area contributed by atoms with Crippen molar-refractivity contribution in [1.29, 1.82) is 5.26 Å². The van der Waals surface area contributed by atoms with E-state index in [1.807, 2.05) is 36.4 Å². The van der Waals surface area contributed by atoms with Crippen LogP contribution in [0.1, 0.15) is 193 Å². The lowest BCUT2D eigenvalue weighted by atomic mass is 10.0. The van der Waals surface area contributed by atoms with Crippen LogP contribution in [-0.4, -0.2) is 33.0 Å². The van der Waals surface area contributed by atoms with E-state index in [-0.39, 0.29) is 0 Å². The summed E-state index contributed by atoms with van der Waals surface area (Å²) in [5, 5.41) is 9.44. The van der Waals surface area contributed by atoms with E-state index in [2.05, 4.69) is 168 Å². The molecular weight excluding hydrogens is 961 g/mol. The molecule has 3 aromatic heterocycles. The Hall–Kier alpha value is -8.11. The lowest BCUT2D eigenvalue weighted by molar-refractivity contribution is 0.543. The zero-order valence-electron chi connectivity index (χ0n) is 46.9. The molecule has 4 aromatic carbocycles. The van der Waals surface area contributed by atoms with Crippen molar-refractivity contribution in [3.05, 3.63) is 184 Å². The molecule has 8 bridgehead atoms. The van der Waals surface area contributed by atoms with Crippen LogP contribution in [0.15, 0.2) is 133 Å². The van der Waals surface area contributed by atoms with Gasteiger partial charge in [-0.25, -0.2) is 9.97 Å². The number of hydrogen-bond donors (Lipinski definition) is 2. The van der Waals surface area contributed by atoms with Gasteiger partial charge in [-0.1, -0.05) is 214 Å². The van der Waals surface area contributed by atoms with Gasteiger partial charge in [0.1, 0.15) is 0 Å². The highest BCUT2D eigenvalue weighted by atomic mass is 15.1. The highest BCUT2D eigenvalue weighted by Gasteiger charge is 2.18. The molecule has 79 heavy (non-hydrogen) atoms. The van der Waals surface area contributed by atoms with Crippen LogP contribution in [0.5, 0.6) is 0 Å². The summed E-state index contributed by atoms with van der Waals surface area (Å²) in [5.74, 6) is 14.1. The van der Waals surface area contributed by atoms with Crippen molar-refractivity contribution in [2.75, 3.05) is 18.0 Å². The fourth-order valence-electron chi connectivity index (χ4n) is 10.9. The molecule has 6 heteroatoms. The molecule has 0 amide bonds. The maximum atomic E-state index is 9.44. The summed E-state index contributed by atoms with van der Waals surface area (Å²) in [6, 6.07) is 48.0. The Morgan fingerprint density at radius 3 is 1.16 bits per heavy atom. The number of benzene rings is 4. The van der Waals surface area contributed by atoms with Gasteiger partial charge in [0.25, 0.3) is 0 Å². The Morgan fingerprint density at radius 2 is 0.734 bits per heavy atom. The zero-order chi connectivity index (χ0) is 54.3. The molecule has 0 spiro atoms. The minimum absolute atomic E-state index is 0.591. The minimum Gasteiger partial charge on any atom is -0.372 e. The predicted octanol–water partition coefficient (Wildman–Crippen LogP) is 19.3. The number of unbranched alkanes of at least 4 members (excludes halogenated alkanes) is 18. The van der Waals surface area contributed by atoms with Gasteiger partial charge in [0.15, 0.2) is 0 Å². The standard InChI is InChI=1S/C73H78N6/c1-3-5-7-9-11-13-15-17-19-27-53-79(54-28-20-18-16-14-12-10-8-6-4-2)61-41-37-57(38-42-61)40-44-63-66-47-51-70(77-66)72(59-29-23-21-24-30-59)68-49-45-64(75-68)62(43-39-56-33-35-58(55-74)36-34-56)65-46-50-69(76-65)73(60-31-25-22-26-32-60)71-52-48-67(63)78-71/h21-26,29-38,41-42,45-52,77-78H,3-20,27-28,53-54H2,1-2H3. The number of hydrogen-bond acceptors (Lipinski definition) is 4. The number of nitriles is 1. The summed E-state index contributed by atoms with van der Waals surface area (Å²) in [4.78, 5) is 21.0. The highest BCUT2D eigenvalue weighted by molar-refractivity contribution is 5.95. The summed E-state index contributed by atoms with van der Waals surface area (Å²) >= 11 is 0. The highest BCUT2D eigenvalue weighted by Crippen LogP contribution is 2.34. The largest absolute Gasteiger partial charge is 0.372 e. The first-order valence-electron chi connectivity index (χ1n) is 29.7. The lowest BCUT2D eigenvalue weighted by Gasteiger charge is -2.25. The Balaban J connectivity index is 1.07. The number of rotatable bonds is 25. The molecule has 2 aliphatic heterocycles. The molecule has 0 saturated heterocycles. The summed E-state index contributed by atoms with van der Waals surface area (Å²) in [6.45, 7) is 6.79. The van der Waals surface area contributed by atoms with Gasteiger partial charge in [0.2, 0.25) is 0 Å². The third-order valence-corrected chi connectivity index (χ3v) is 15.4. The van der Waals surface area contributed by atoms with Crippen molar-refractivity contribution in [2.24, 2.45) is 0 Å². The molecule has 9 rings (SSSR count). The fourth-order valence-corrected chi connectivity index (χ4v) is 10.9. The Kier molecular flexibility index (Phi) is 20.8. The summed E-state index contributed by atoms with van der Waals surface area (Å²) in [7, 11) is 0. The molecule has 0 atom stereocenters. The smallest absolute Gasteiger partial charge is 0.0991 e. The number of nitrogens with zero attached hydrogens (tertiary/aromatic N) is 4. The summed E-state index contributed by atoms with van der Waals surface area (Å²) in [5.41, 5.74) is 16.0. The third kappa shape index (κ3) is 15.6. The second kappa shape index (κ2) is 29.6. The van der Waals surface area contributed by atoms with E-state index < -0.39 is 0 Å². The van der Waals surface area contributed by atoms with E-state index in [4.69, 9.17) is 9.97 Å². The molecule has 2 aliphatic rings. The van der Waals surface area contributed by atoms with Crippen LogP contribution in [0, 0.1) is 35.0 Å². The summed E-state index contributed by atoms with van der Waals surface area (Å²) < 4.78 is 0. The average Bonchev–Trinajstić information content (AvgIpc) is 4.51. The predicted molar refractivity (Wildman–Crippen MR) is 335 cm³/mol. The quantitative estimate of drug-likeness (QED) is 0.0441. The molecule has 0 aliphatic carbocycles. The minimum atomic E-state index is 0.591. The number of nitrogens with one attached hydrogen (secondary N) is 2. The first-order valence-corrected chi connectivity index (χ1v) is 29.7. The Labute approximate surface area is 471 Å². The lowest BCUT2D eigenvalue weighted by Crippen LogP contribution is -2.25. The molecule has 400 valence electrons. The topological polar surface area (TPSA) is 84.4 Å². The first kappa shape index (κ1) is 55.6. The average molecular weight is 1040 g/mol. The fraction of sp³-hybridized carbons (Fsp3) is 0.329. The maximum absolute atomic E-state index is 9.44. The van der Waals surface area contributed by atoms with E-state index in [0.29, 0.717) is 11.1 Å². The number of H-pyrrole nitrogens is 2. The van der Waals surface area contributed by atoms with Crippen molar-refractivity contribution in [2.45, 2.75) is 142 Å². The molecular formula is C73H78N6. The Morgan fingerprint density at radius 1 is 0.367 bits per heavy atom. The van der Waals surface area contributed by atoms with Gasteiger partial charge >= 0.3 is 0 Å². The van der Waals surface area contributed by atoms with Crippen LogP contribution in [-0.2, 0) is 0 Å². The monoisotopic (exact) mass is 1040 g/mol. The number of anilines is 1. The molecule has 0 fully saturated rings. The van der Waals surface area contributed by atoms with Gasteiger partial charge < -0.3 is 14.9 Å². The van der Waals surface area contributed by atoms with Crippen molar-refractivity contribution in [3.8, 4) is 52.0 Å². The normalized spacial score (nSPS) is 11.5. The second-order valence-corrected chi connectivity index (χ2v) is 21.3. The van der Waals surface area contributed by atoms with Crippen LogP contribution in [0.4, 0.5) is 5.69 Å². The van der Waals surface area contributed by atoms with Gasteiger partial charge in [-0.3, -0.25) is 0 Å². The number of aromatic nitrogens is 4. The number of fused-ring (bicyclic) bond motifs is 8. The van der Waals surface area contributed by atoms with Gasteiger partial charge in [0, 0.05) is 52.1 Å². The second-order valence-electron chi connectivity index (χ2n) is 21.3. The SMILES string of the molecule is CCCCCCCCCCCCN(CCCCCCCCCCCC)c1ccc(C#Cc2c3ccc([nH]3)c(-c3ccccc3)c3nc(c(C#Cc4ccc(C#N)cc4)c4nc(c(-c5ccccc5)c5ccc2[nH]5)C=C4)C=C3)cc1. The van der Waals surface area contributed by atoms with Crippen molar-refractivity contribution < 1.29 is 0 Å². The molecule has 2 N–H and O–H groups in total.